The summed E-state index contributed by atoms with van der Waals surface area (Å²) in [6, 6.07) is 7.26. The molecule has 1 aromatic carbocycles. The highest BCUT2D eigenvalue weighted by molar-refractivity contribution is 14.0. The third kappa shape index (κ3) is 6.21. The molecule has 0 heterocycles. The van der Waals surface area contributed by atoms with E-state index in [0.29, 0.717) is 28.9 Å². The van der Waals surface area contributed by atoms with E-state index in [1.165, 1.54) is 18.4 Å². The van der Waals surface area contributed by atoms with Gasteiger partial charge in [0.2, 0.25) is 10.0 Å². The van der Waals surface area contributed by atoms with Gasteiger partial charge in [0.15, 0.2) is 5.96 Å². The topological polar surface area (TPSA) is 73.8 Å². The van der Waals surface area contributed by atoms with Gasteiger partial charge in [-0.05, 0) is 24.5 Å². The molecule has 0 aliphatic heterocycles. The normalized spacial score (nSPS) is 13.6. The molecule has 1 atom stereocenters. The van der Waals surface area contributed by atoms with E-state index in [1.54, 1.807) is 19.2 Å². The zero-order chi connectivity index (χ0) is 17.6. The van der Waals surface area contributed by atoms with Crippen LogP contribution in [0.4, 0.5) is 0 Å². The van der Waals surface area contributed by atoms with Crippen LogP contribution in [0.3, 0.4) is 0 Å². The van der Waals surface area contributed by atoms with Crippen LogP contribution in [0.25, 0.3) is 0 Å². The van der Waals surface area contributed by atoms with E-state index in [2.05, 4.69) is 36.4 Å². The van der Waals surface area contributed by atoms with Crippen LogP contribution < -0.4 is 10.6 Å². The summed E-state index contributed by atoms with van der Waals surface area (Å²) in [5.41, 5.74) is 0.710. The number of benzene rings is 1. The molecule has 0 radical (unpaired) electrons. The van der Waals surface area contributed by atoms with E-state index < -0.39 is 10.0 Å². The van der Waals surface area contributed by atoms with Crippen molar-refractivity contribution in [2.75, 3.05) is 21.1 Å². The van der Waals surface area contributed by atoms with Crippen LogP contribution in [0, 0.1) is 5.92 Å². The molecule has 0 aliphatic rings. The Kier molecular flexibility index (Phi) is 9.83. The summed E-state index contributed by atoms with van der Waals surface area (Å²) in [4.78, 5) is 4.50. The Balaban J connectivity index is 0.00000529. The Labute approximate surface area is 163 Å². The molecule has 0 aromatic heterocycles. The minimum absolute atomic E-state index is 0. The van der Waals surface area contributed by atoms with Crippen LogP contribution in [-0.4, -0.2) is 45.9 Å². The summed E-state index contributed by atoms with van der Waals surface area (Å²) < 4.78 is 26.0. The van der Waals surface area contributed by atoms with Gasteiger partial charge in [-0.3, -0.25) is 4.99 Å². The minimum Gasteiger partial charge on any atom is -0.354 e. The second kappa shape index (κ2) is 10.2. The number of hydrogen-bond acceptors (Lipinski definition) is 3. The highest BCUT2D eigenvalue weighted by Gasteiger charge is 2.20. The molecular weight excluding hydrogens is 439 g/mol. The number of aliphatic imine (C=N–C) groups is 1. The van der Waals surface area contributed by atoms with Gasteiger partial charge in [-0.25, -0.2) is 12.7 Å². The van der Waals surface area contributed by atoms with Gasteiger partial charge in [0, 0.05) is 33.7 Å². The lowest BCUT2D eigenvalue weighted by atomic mass is 10.1. The fraction of sp³-hybridized carbons (Fsp3) is 0.562. The van der Waals surface area contributed by atoms with Gasteiger partial charge in [0.05, 0.1) is 4.90 Å². The molecule has 6 nitrogen and oxygen atoms in total. The maximum Gasteiger partial charge on any atom is 0.242 e. The first kappa shape index (κ1) is 23.1. The monoisotopic (exact) mass is 468 g/mol. The molecule has 1 unspecified atom stereocenters. The van der Waals surface area contributed by atoms with Crippen molar-refractivity contribution in [1.82, 2.24) is 14.9 Å². The van der Waals surface area contributed by atoms with Crippen LogP contribution in [0.1, 0.15) is 26.3 Å². The Morgan fingerprint density at radius 1 is 1.21 bits per heavy atom. The largest absolute Gasteiger partial charge is 0.354 e. The van der Waals surface area contributed by atoms with E-state index in [4.69, 9.17) is 0 Å². The van der Waals surface area contributed by atoms with Crippen molar-refractivity contribution < 1.29 is 8.42 Å². The lowest BCUT2D eigenvalue weighted by Gasteiger charge is -2.21. The fourth-order valence-electron chi connectivity index (χ4n) is 1.85. The summed E-state index contributed by atoms with van der Waals surface area (Å²) in [5, 5.41) is 6.48. The molecule has 1 aromatic rings. The predicted octanol–water partition coefficient (Wildman–Crippen LogP) is 2.26. The predicted molar refractivity (Wildman–Crippen MR) is 110 cm³/mol. The number of nitrogens with one attached hydrogen (secondary N) is 2. The second-order valence-corrected chi connectivity index (χ2v) is 8.12. The van der Waals surface area contributed by atoms with Gasteiger partial charge in [-0.15, -0.1) is 24.0 Å². The first-order valence-corrected chi connectivity index (χ1v) is 9.11. The van der Waals surface area contributed by atoms with Crippen molar-refractivity contribution in [3.8, 4) is 0 Å². The second-order valence-electron chi connectivity index (χ2n) is 6.00. The van der Waals surface area contributed by atoms with Gasteiger partial charge in [-0.1, -0.05) is 32.0 Å². The number of nitrogens with zero attached hydrogens (tertiary/aromatic N) is 2. The smallest absolute Gasteiger partial charge is 0.242 e. The number of hydrogen-bond donors (Lipinski definition) is 2. The van der Waals surface area contributed by atoms with Crippen LogP contribution >= 0.6 is 24.0 Å². The number of rotatable bonds is 6. The van der Waals surface area contributed by atoms with Crippen LogP contribution in [-0.2, 0) is 16.6 Å². The van der Waals surface area contributed by atoms with Crippen molar-refractivity contribution in [2.24, 2.45) is 10.9 Å². The van der Waals surface area contributed by atoms with Crippen LogP contribution in [0.2, 0.25) is 0 Å². The summed E-state index contributed by atoms with van der Waals surface area (Å²) >= 11 is 0. The first-order chi connectivity index (χ1) is 10.7. The third-order valence-electron chi connectivity index (χ3n) is 3.77. The Bertz CT molecular complexity index is 645. The van der Waals surface area contributed by atoms with Gasteiger partial charge in [0.1, 0.15) is 0 Å². The van der Waals surface area contributed by atoms with Crippen LogP contribution in [0.5, 0.6) is 0 Å². The van der Waals surface area contributed by atoms with Crippen molar-refractivity contribution in [3.63, 3.8) is 0 Å². The molecule has 0 spiro atoms. The first-order valence-electron chi connectivity index (χ1n) is 7.67. The van der Waals surface area contributed by atoms with Crippen LogP contribution in [0.15, 0.2) is 34.2 Å². The maximum absolute atomic E-state index is 12.4. The lowest BCUT2D eigenvalue weighted by Crippen LogP contribution is -2.44. The Morgan fingerprint density at radius 2 is 1.79 bits per heavy atom. The van der Waals surface area contributed by atoms with Crippen molar-refractivity contribution in [2.45, 2.75) is 38.3 Å². The standard InChI is InChI=1S/C16H28N4O2S.HI/c1-12(2)13(3)19-16(17-4)18-11-14-9-7-8-10-15(14)23(21,22)20(5)6;/h7-10,12-13H,11H2,1-6H3,(H2,17,18,19);1H. The molecule has 8 heteroatoms. The molecule has 0 fully saturated rings. The van der Waals surface area contributed by atoms with Crippen molar-refractivity contribution >= 4 is 40.0 Å². The third-order valence-corrected chi connectivity index (χ3v) is 5.68. The Hall–Kier alpha value is -0.870. The highest BCUT2D eigenvalue weighted by atomic mass is 127. The summed E-state index contributed by atoms with van der Waals surface area (Å²) in [5.74, 6) is 1.12. The lowest BCUT2D eigenvalue weighted by molar-refractivity contribution is 0.480. The fourth-order valence-corrected chi connectivity index (χ4v) is 2.97. The van der Waals surface area contributed by atoms with E-state index in [-0.39, 0.29) is 30.0 Å². The minimum atomic E-state index is -3.47. The van der Waals surface area contributed by atoms with E-state index in [0.717, 1.165) is 0 Å². The Morgan fingerprint density at radius 3 is 2.29 bits per heavy atom. The number of guanidine groups is 1. The maximum atomic E-state index is 12.4. The SMILES string of the molecule is CN=C(NCc1ccccc1S(=O)(=O)N(C)C)NC(C)C(C)C.I. The quantitative estimate of drug-likeness (QED) is 0.382. The summed E-state index contributed by atoms with van der Waals surface area (Å²) in [6.45, 7) is 6.73. The molecule has 1 rings (SSSR count). The van der Waals surface area contributed by atoms with E-state index >= 15 is 0 Å². The molecular formula is C16H29IN4O2S. The number of sulfonamides is 1. The highest BCUT2D eigenvalue weighted by Crippen LogP contribution is 2.18. The molecule has 0 amide bonds. The molecule has 138 valence electrons. The van der Waals surface area contributed by atoms with E-state index in [1.807, 2.05) is 12.1 Å². The summed E-state index contributed by atoms with van der Waals surface area (Å²) in [6.07, 6.45) is 0. The van der Waals surface area contributed by atoms with Gasteiger partial charge in [-0.2, -0.15) is 0 Å². The van der Waals surface area contributed by atoms with Gasteiger partial charge >= 0.3 is 0 Å². The van der Waals surface area contributed by atoms with E-state index in [9.17, 15) is 8.42 Å². The molecule has 2 N–H and O–H groups in total. The zero-order valence-electron chi connectivity index (χ0n) is 15.2. The number of halogens is 1. The molecule has 0 saturated carbocycles. The average molecular weight is 468 g/mol. The molecule has 24 heavy (non-hydrogen) atoms. The molecule has 0 bridgehead atoms. The van der Waals surface area contributed by atoms with Gasteiger partial charge in [0.25, 0.3) is 0 Å². The molecule has 0 aliphatic carbocycles. The summed E-state index contributed by atoms with van der Waals surface area (Å²) in [7, 11) is 1.30. The average Bonchev–Trinajstić information content (AvgIpc) is 2.51. The zero-order valence-corrected chi connectivity index (χ0v) is 18.3. The van der Waals surface area contributed by atoms with Gasteiger partial charge < -0.3 is 10.6 Å². The van der Waals surface area contributed by atoms with Crippen molar-refractivity contribution in [3.05, 3.63) is 29.8 Å². The van der Waals surface area contributed by atoms with Crippen molar-refractivity contribution in [1.29, 1.82) is 0 Å². The molecule has 0 saturated heterocycles.